The Bertz CT molecular complexity index is 212. The molecule has 0 aliphatic rings. The van der Waals surface area contributed by atoms with Crippen molar-refractivity contribution in [2.24, 2.45) is 0 Å². The molecule has 0 aliphatic heterocycles. The minimum Gasteiger partial charge on any atom is -0.198 e. The van der Waals surface area contributed by atoms with Crippen LogP contribution in [0.5, 0.6) is 0 Å². The number of nitrogens with one attached hydrogen (secondary N) is 1. The monoisotopic (exact) mass is 258 g/mol. The van der Waals surface area contributed by atoms with E-state index in [9.17, 15) is 8.42 Å². The van der Waals surface area contributed by atoms with Gasteiger partial charge in [0.15, 0.2) is 0 Å². The molecular weight excluding hydrogens is 244 g/mol. The highest BCUT2D eigenvalue weighted by Gasteiger charge is 2.17. The summed E-state index contributed by atoms with van der Waals surface area (Å²) in [7, 11) is -0.262. The summed E-state index contributed by atoms with van der Waals surface area (Å²) < 4.78 is 26.2. The van der Waals surface area contributed by atoms with Crippen LogP contribution in [0.4, 0.5) is 0 Å². The zero-order valence-electron chi connectivity index (χ0n) is 7.54. The van der Waals surface area contributed by atoms with Gasteiger partial charge in [0.25, 0.3) is 10.2 Å². The molecule has 0 spiro atoms. The molecule has 0 aromatic carbocycles. The molecule has 1 atom stereocenters. The van der Waals surface area contributed by atoms with Crippen LogP contribution in [0.15, 0.2) is 0 Å². The van der Waals surface area contributed by atoms with Gasteiger partial charge < -0.3 is 0 Å². The van der Waals surface area contributed by atoms with Crippen molar-refractivity contribution in [3.63, 3.8) is 0 Å². The predicted molar refractivity (Wildman–Crippen MR) is 53.6 cm³/mol. The van der Waals surface area contributed by atoms with E-state index in [4.69, 9.17) is 0 Å². The Morgan fingerprint density at radius 2 is 2.00 bits per heavy atom. The van der Waals surface area contributed by atoms with E-state index in [1.54, 1.807) is 0 Å². The molecule has 0 bridgehead atoms. The van der Waals surface area contributed by atoms with E-state index in [1.165, 1.54) is 18.4 Å². The van der Waals surface area contributed by atoms with Crippen LogP contribution < -0.4 is 4.72 Å². The molecule has 12 heavy (non-hydrogen) atoms. The minimum atomic E-state index is -3.27. The Balaban J connectivity index is 4.23. The van der Waals surface area contributed by atoms with Crippen LogP contribution >= 0.6 is 15.9 Å². The molecule has 0 aliphatic carbocycles. The Morgan fingerprint density at radius 3 is 2.25 bits per heavy atom. The smallest absolute Gasteiger partial charge is 0.198 e. The average molecular weight is 259 g/mol. The number of alkyl halides is 1. The fourth-order valence-corrected chi connectivity index (χ4v) is 2.26. The van der Waals surface area contributed by atoms with Gasteiger partial charge in [0.1, 0.15) is 0 Å². The fraction of sp³-hybridized carbons (Fsp3) is 1.00. The van der Waals surface area contributed by atoms with Crippen molar-refractivity contribution in [1.82, 2.24) is 9.03 Å². The molecule has 0 aromatic rings. The molecule has 0 amide bonds. The van der Waals surface area contributed by atoms with Gasteiger partial charge in [-0.1, -0.05) is 22.9 Å². The maximum absolute atomic E-state index is 11.3. The third-order valence-corrected chi connectivity index (χ3v) is 3.85. The van der Waals surface area contributed by atoms with E-state index in [0.29, 0.717) is 5.33 Å². The lowest BCUT2D eigenvalue weighted by atomic mass is 10.3. The minimum absolute atomic E-state index is 0.0302. The summed E-state index contributed by atoms with van der Waals surface area (Å²) in [5.41, 5.74) is 0. The lowest BCUT2D eigenvalue weighted by Crippen LogP contribution is -2.42. The Kier molecular flexibility index (Phi) is 5.31. The molecule has 1 N–H and O–H groups in total. The van der Waals surface area contributed by atoms with Gasteiger partial charge >= 0.3 is 0 Å². The topological polar surface area (TPSA) is 49.4 Å². The molecule has 1 unspecified atom stereocenters. The van der Waals surface area contributed by atoms with Crippen molar-refractivity contribution in [2.45, 2.75) is 19.4 Å². The van der Waals surface area contributed by atoms with Crippen LogP contribution in [-0.2, 0) is 10.2 Å². The molecule has 0 radical (unpaired) electrons. The first-order valence-corrected chi connectivity index (χ1v) is 6.26. The summed E-state index contributed by atoms with van der Waals surface area (Å²) in [4.78, 5) is 0. The highest BCUT2D eigenvalue weighted by Crippen LogP contribution is 1.99. The zero-order chi connectivity index (χ0) is 9.78. The lowest BCUT2D eigenvalue weighted by Gasteiger charge is -2.17. The number of rotatable bonds is 5. The van der Waals surface area contributed by atoms with E-state index in [0.717, 1.165) is 6.42 Å². The van der Waals surface area contributed by atoms with Gasteiger partial charge in [-0.25, -0.2) is 0 Å². The van der Waals surface area contributed by atoms with Crippen molar-refractivity contribution in [3.05, 3.63) is 0 Å². The van der Waals surface area contributed by atoms with Crippen molar-refractivity contribution in [3.8, 4) is 0 Å². The van der Waals surface area contributed by atoms with Crippen LogP contribution in [0.2, 0.25) is 0 Å². The molecule has 0 heterocycles. The van der Waals surface area contributed by atoms with Gasteiger partial charge in [-0.3, -0.25) is 0 Å². The van der Waals surface area contributed by atoms with Gasteiger partial charge in [0, 0.05) is 25.5 Å². The first-order chi connectivity index (χ1) is 5.44. The van der Waals surface area contributed by atoms with E-state index >= 15 is 0 Å². The van der Waals surface area contributed by atoms with Crippen LogP contribution in [0.25, 0.3) is 0 Å². The SMILES string of the molecule is CCC(CBr)NS(=O)(=O)N(C)C. The second-order valence-corrected chi connectivity index (χ2v) is 5.23. The third kappa shape index (κ3) is 3.84. The predicted octanol–water partition coefficient (Wildman–Crippen LogP) is 0.556. The fourth-order valence-electron chi connectivity index (χ4n) is 0.540. The van der Waals surface area contributed by atoms with E-state index in [2.05, 4.69) is 20.7 Å². The Labute approximate surface area is 82.6 Å². The number of hydrogen-bond acceptors (Lipinski definition) is 2. The van der Waals surface area contributed by atoms with E-state index in [1.807, 2.05) is 6.92 Å². The first kappa shape index (κ1) is 12.3. The Morgan fingerprint density at radius 1 is 1.50 bits per heavy atom. The quantitative estimate of drug-likeness (QED) is 0.733. The van der Waals surface area contributed by atoms with E-state index < -0.39 is 10.2 Å². The van der Waals surface area contributed by atoms with Gasteiger partial charge in [-0.2, -0.15) is 17.4 Å². The van der Waals surface area contributed by atoms with Crippen LogP contribution in [0.1, 0.15) is 13.3 Å². The van der Waals surface area contributed by atoms with Gasteiger partial charge in [-0.15, -0.1) is 0 Å². The summed E-state index contributed by atoms with van der Waals surface area (Å²) in [6.07, 6.45) is 0.776. The number of nitrogens with zero attached hydrogens (tertiary/aromatic N) is 1. The third-order valence-electron chi connectivity index (χ3n) is 1.48. The summed E-state index contributed by atoms with van der Waals surface area (Å²) in [5, 5.41) is 0.635. The zero-order valence-corrected chi connectivity index (χ0v) is 9.94. The first-order valence-electron chi connectivity index (χ1n) is 3.69. The number of hydrogen-bond donors (Lipinski definition) is 1. The lowest BCUT2D eigenvalue weighted by molar-refractivity contribution is 0.490. The van der Waals surface area contributed by atoms with Crippen LogP contribution in [0, 0.1) is 0 Å². The molecule has 0 rings (SSSR count). The van der Waals surface area contributed by atoms with Crippen LogP contribution in [0.3, 0.4) is 0 Å². The molecule has 0 fully saturated rings. The normalized spacial score (nSPS) is 15.1. The molecule has 0 aromatic heterocycles. The number of halogens is 1. The molecule has 0 saturated heterocycles. The molecule has 74 valence electrons. The van der Waals surface area contributed by atoms with Crippen molar-refractivity contribution >= 4 is 26.1 Å². The second-order valence-electron chi connectivity index (χ2n) is 2.66. The van der Waals surface area contributed by atoms with Crippen molar-refractivity contribution in [1.29, 1.82) is 0 Å². The molecule has 6 heteroatoms. The maximum Gasteiger partial charge on any atom is 0.279 e. The van der Waals surface area contributed by atoms with Gasteiger partial charge in [0.05, 0.1) is 0 Å². The average Bonchev–Trinajstić information content (AvgIpc) is 2.00. The largest absolute Gasteiger partial charge is 0.279 e. The Hall–Kier alpha value is 0.350. The summed E-state index contributed by atoms with van der Waals surface area (Å²) in [5.74, 6) is 0. The maximum atomic E-state index is 11.3. The summed E-state index contributed by atoms with van der Waals surface area (Å²) in [6, 6.07) is -0.0302. The van der Waals surface area contributed by atoms with Gasteiger partial charge in [-0.05, 0) is 6.42 Å². The molecule has 0 saturated carbocycles. The highest BCUT2D eigenvalue weighted by atomic mass is 79.9. The standard InChI is InChI=1S/C6H15BrN2O2S/c1-4-6(5-7)8-12(10,11)9(2)3/h6,8H,4-5H2,1-3H3. The second kappa shape index (κ2) is 5.16. The van der Waals surface area contributed by atoms with E-state index in [-0.39, 0.29) is 6.04 Å². The highest BCUT2D eigenvalue weighted by molar-refractivity contribution is 9.09. The van der Waals surface area contributed by atoms with Crippen molar-refractivity contribution < 1.29 is 8.42 Å². The van der Waals surface area contributed by atoms with Gasteiger partial charge in [0.2, 0.25) is 0 Å². The van der Waals surface area contributed by atoms with Crippen LogP contribution in [-0.4, -0.2) is 38.2 Å². The summed E-state index contributed by atoms with van der Waals surface area (Å²) >= 11 is 3.23. The molecule has 4 nitrogen and oxygen atoms in total. The van der Waals surface area contributed by atoms with Crippen molar-refractivity contribution in [2.75, 3.05) is 19.4 Å². The summed E-state index contributed by atoms with van der Waals surface area (Å²) in [6.45, 7) is 1.93. The molecular formula is C6H15BrN2O2S.